The van der Waals surface area contributed by atoms with Crippen LogP contribution in [-0.4, -0.2) is 9.97 Å². The van der Waals surface area contributed by atoms with Crippen molar-refractivity contribution < 1.29 is 0 Å². The maximum atomic E-state index is 12.2. The van der Waals surface area contributed by atoms with Crippen molar-refractivity contribution in [1.29, 1.82) is 0 Å². The molecule has 2 aromatic rings. The highest BCUT2D eigenvalue weighted by atomic mass is 16.1. The van der Waals surface area contributed by atoms with E-state index in [-0.39, 0.29) is 11.5 Å². The lowest BCUT2D eigenvalue weighted by atomic mass is 10.0. The molecule has 0 spiro atoms. The quantitative estimate of drug-likeness (QED) is 0.920. The average molecular weight is 284 g/mol. The predicted octanol–water partition coefficient (Wildman–Crippen LogP) is 4.07. The summed E-state index contributed by atoms with van der Waals surface area (Å²) in [7, 11) is 0. The third-order valence-electron chi connectivity index (χ3n) is 3.59. The second-order valence-electron chi connectivity index (χ2n) is 6.36. The second-order valence-corrected chi connectivity index (χ2v) is 6.36. The summed E-state index contributed by atoms with van der Waals surface area (Å²) in [6.07, 6.45) is 1.07. The van der Waals surface area contributed by atoms with Gasteiger partial charge in [-0.25, -0.2) is 4.98 Å². The number of aryl methyl sites for hydroxylation is 1. The van der Waals surface area contributed by atoms with E-state index in [1.807, 2.05) is 32.9 Å². The van der Waals surface area contributed by atoms with Crippen LogP contribution in [-0.2, 0) is 6.42 Å². The SMILES string of the molecule is Cc1nc(-c2ccc(CC(C)C)cc2)[nH]c(=O)c1C(C)C. The minimum atomic E-state index is -0.0289. The molecule has 0 unspecified atom stereocenters. The second kappa shape index (κ2) is 6.25. The molecule has 0 fully saturated rings. The normalized spacial score (nSPS) is 11.4. The molecule has 21 heavy (non-hydrogen) atoms. The van der Waals surface area contributed by atoms with Crippen molar-refractivity contribution in [3.63, 3.8) is 0 Å². The first-order valence-corrected chi connectivity index (χ1v) is 7.58. The van der Waals surface area contributed by atoms with Gasteiger partial charge in [0.2, 0.25) is 0 Å². The third kappa shape index (κ3) is 3.60. The number of nitrogens with one attached hydrogen (secondary N) is 1. The van der Waals surface area contributed by atoms with Crippen LogP contribution in [0.25, 0.3) is 11.4 Å². The average Bonchev–Trinajstić information content (AvgIpc) is 2.37. The summed E-state index contributed by atoms with van der Waals surface area (Å²) in [6, 6.07) is 8.29. The fraction of sp³-hybridized carbons (Fsp3) is 0.444. The number of hydrogen-bond acceptors (Lipinski definition) is 2. The summed E-state index contributed by atoms with van der Waals surface area (Å²) in [6.45, 7) is 10.3. The fourth-order valence-electron chi connectivity index (χ4n) is 2.68. The first-order valence-electron chi connectivity index (χ1n) is 7.58. The van der Waals surface area contributed by atoms with Crippen molar-refractivity contribution in [2.24, 2.45) is 5.92 Å². The van der Waals surface area contributed by atoms with Crippen LogP contribution in [0.3, 0.4) is 0 Å². The Morgan fingerprint density at radius 2 is 1.71 bits per heavy atom. The molecule has 1 heterocycles. The van der Waals surface area contributed by atoms with Crippen molar-refractivity contribution in [3.05, 3.63) is 51.4 Å². The molecule has 0 aliphatic carbocycles. The standard InChI is InChI=1S/C18H24N2O/c1-11(2)10-14-6-8-15(9-7-14)17-19-13(5)16(12(3)4)18(21)20-17/h6-9,11-12H,10H2,1-5H3,(H,19,20,21). The molecule has 0 bridgehead atoms. The number of hydrogen-bond donors (Lipinski definition) is 1. The van der Waals surface area contributed by atoms with Crippen LogP contribution in [0.4, 0.5) is 0 Å². The lowest BCUT2D eigenvalue weighted by Gasteiger charge is -2.10. The molecule has 1 aromatic carbocycles. The topological polar surface area (TPSA) is 45.8 Å². The van der Waals surface area contributed by atoms with Gasteiger partial charge in [0.1, 0.15) is 5.82 Å². The Balaban J connectivity index is 2.37. The van der Waals surface area contributed by atoms with Gasteiger partial charge in [0.15, 0.2) is 0 Å². The highest BCUT2D eigenvalue weighted by Gasteiger charge is 2.12. The van der Waals surface area contributed by atoms with Crippen LogP contribution in [0.15, 0.2) is 29.1 Å². The Morgan fingerprint density at radius 3 is 2.19 bits per heavy atom. The lowest BCUT2D eigenvalue weighted by molar-refractivity contribution is 0.647. The lowest BCUT2D eigenvalue weighted by Crippen LogP contribution is -2.18. The number of aromatic nitrogens is 2. The smallest absolute Gasteiger partial charge is 0.254 e. The molecule has 0 radical (unpaired) electrons. The Kier molecular flexibility index (Phi) is 4.61. The van der Waals surface area contributed by atoms with Gasteiger partial charge in [-0.2, -0.15) is 0 Å². The highest BCUT2D eigenvalue weighted by Crippen LogP contribution is 2.19. The number of aromatic amines is 1. The van der Waals surface area contributed by atoms with E-state index < -0.39 is 0 Å². The zero-order chi connectivity index (χ0) is 15.6. The molecule has 0 atom stereocenters. The molecule has 2 rings (SSSR count). The molecular formula is C18H24N2O. The minimum Gasteiger partial charge on any atom is -0.306 e. The Morgan fingerprint density at radius 1 is 1.10 bits per heavy atom. The van der Waals surface area contributed by atoms with E-state index in [1.165, 1.54) is 5.56 Å². The summed E-state index contributed by atoms with van der Waals surface area (Å²) in [5, 5.41) is 0. The number of rotatable bonds is 4. The van der Waals surface area contributed by atoms with Crippen LogP contribution in [0, 0.1) is 12.8 Å². The fourth-order valence-corrected chi connectivity index (χ4v) is 2.68. The Labute approximate surface area is 126 Å². The maximum Gasteiger partial charge on any atom is 0.254 e. The zero-order valence-electron chi connectivity index (χ0n) is 13.5. The van der Waals surface area contributed by atoms with Gasteiger partial charge in [-0.1, -0.05) is 52.0 Å². The van der Waals surface area contributed by atoms with Gasteiger partial charge in [0.05, 0.1) is 0 Å². The summed E-state index contributed by atoms with van der Waals surface area (Å²) in [5.74, 6) is 1.48. The molecule has 3 nitrogen and oxygen atoms in total. The molecule has 0 amide bonds. The van der Waals surface area contributed by atoms with Gasteiger partial charge in [0, 0.05) is 16.8 Å². The summed E-state index contributed by atoms with van der Waals surface area (Å²) >= 11 is 0. The monoisotopic (exact) mass is 284 g/mol. The summed E-state index contributed by atoms with van der Waals surface area (Å²) in [4.78, 5) is 19.7. The van der Waals surface area contributed by atoms with Gasteiger partial charge in [-0.15, -0.1) is 0 Å². The van der Waals surface area contributed by atoms with Gasteiger partial charge >= 0.3 is 0 Å². The highest BCUT2D eigenvalue weighted by molar-refractivity contribution is 5.55. The first-order chi connectivity index (χ1) is 9.88. The van der Waals surface area contributed by atoms with Crippen molar-refractivity contribution in [2.45, 2.75) is 47.0 Å². The van der Waals surface area contributed by atoms with Crippen LogP contribution in [0.1, 0.15) is 50.4 Å². The van der Waals surface area contributed by atoms with Crippen molar-refractivity contribution in [3.8, 4) is 11.4 Å². The number of nitrogens with zero attached hydrogens (tertiary/aromatic N) is 1. The summed E-state index contributed by atoms with van der Waals surface area (Å²) < 4.78 is 0. The molecule has 0 saturated carbocycles. The third-order valence-corrected chi connectivity index (χ3v) is 3.59. The van der Waals surface area contributed by atoms with E-state index in [1.54, 1.807) is 0 Å². The largest absolute Gasteiger partial charge is 0.306 e. The van der Waals surface area contributed by atoms with Crippen LogP contribution < -0.4 is 5.56 Å². The molecule has 1 N–H and O–H groups in total. The molecule has 1 aromatic heterocycles. The van der Waals surface area contributed by atoms with Gasteiger partial charge in [0.25, 0.3) is 5.56 Å². The van der Waals surface area contributed by atoms with E-state index >= 15 is 0 Å². The molecule has 0 aliphatic rings. The van der Waals surface area contributed by atoms with Gasteiger partial charge in [-0.05, 0) is 30.7 Å². The predicted molar refractivity (Wildman–Crippen MR) is 87.7 cm³/mol. The van der Waals surface area contributed by atoms with Crippen molar-refractivity contribution in [2.75, 3.05) is 0 Å². The van der Waals surface area contributed by atoms with E-state index in [4.69, 9.17) is 0 Å². The van der Waals surface area contributed by atoms with Crippen molar-refractivity contribution >= 4 is 0 Å². The molecule has 112 valence electrons. The molecule has 0 saturated heterocycles. The van der Waals surface area contributed by atoms with Crippen molar-refractivity contribution in [1.82, 2.24) is 9.97 Å². The Bertz CT molecular complexity index is 667. The van der Waals surface area contributed by atoms with Gasteiger partial charge < -0.3 is 4.98 Å². The minimum absolute atomic E-state index is 0.0289. The molecule has 0 aliphatic heterocycles. The molecular weight excluding hydrogens is 260 g/mol. The number of benzene rings is 1. The first kappa shape index (κ1) is 15.5. The van der Waals surface area contributed by atoms with Crippen LogP contribution in [0.2, 0.25) is 0 Å². The van der Waals surface area contributed by atoms with E-state index in [0.717, 1.165) is 23.2 Å². The maximum absolute atomic E-state index is 12.2. The van der Waals surface area contributed by atoms with E-state index in [0.29, 0.717) is 11.7 Å². The van der Waals surface area contributed by atoms with E-state index in [9.17, 15) is 4.79 Å². The summed E-state index contributed by atoms with van der Waals surface area (Å²) in [5.41, 5.74) is 3.83. The van der Waals surface area contributed by atoms with E-state index in [2.05, 4.69) is 35.9 Å². The van der Waals surface area contributed by atoms with Crippen LogP contribution >= 0.6 is 0 Å². The molecule has 3 heteroatoms. The van der Waals surface area contributed by atoms with Crippen LogP contribution in [0.5, 0.6) is 0 Å². The Hall–Kier alpha value is -1.90. The zero-order valence-corrected chi connectivity index (χ0v) is 13.5. The number of H-pyrrole nitrogens is 1. The van der Waals surface area contributed by atoms with Gasteiger partial charge in [-0.3, -0.25) is 4.79 Å².